The molecule has 7 rings (SSSR count). The predicted molar refractivity (Wildman–Crippen MR) is 241 cm³/mol. The third kappa shape index (κ3) is 6.86. The Labute approximate surface area is 339 Å². The van der Waals surface area contributed by atoms with Gasteiger partial charge in [0.2, 0.25) is 0 Å². The summed E-state index contributed by atoms with van der Waals surface area (Å²) >= 11 is -4.70. The molecule has 0 fully saturated rings. The van der Waals surface area contributed by atoms with Gasteiger partial charge in [-0.2, -0.15) is 0 Å². The first kappa shape index (κ1) is 42.1. The molecule has 0 radical (unpaired) electrons. The van der Waals surface area contributed by atoms with Crippen LogP contribution in [0.4, 0.5) is 0 Å². The molecule has 3 heteroatoms. The van der Waals surface area contributed by atoms with Gasteiger partial charge in [0.25, 0.3) is 0 Å². The molecule has 2 aliphatic rings. The normalized spacial score (nSPS) is 15.1. The monoisotopic (exact) mass is 832 g/mol. The van der Waals surface area contributed by atoms with Gasteiger partial charge in [0.05, 0.1) is 0 Å². The van der Waals surface area contributed by atoms with E-state index in [-0.39, 0.29) is 30.2 Å². The molecule has 0 nitrogen and oxygen atoms in total. The molecule has 0 N–H and O–H groups in total. The van der Waals surface area contributed by atoms with E-state index in [0.717, 1.165) is 19.3 Å². The number of halogens is 2. The third-order valence-electron chi connectivity index (χ3n) is 12.6. The Hall–Kier alpha value is -3.09. The van der Waals surface area contributed by atoms with Crippen LogP contribution >= 0.6 is 24.8 Å². The first-order valence-corrected chi connectivity index (χ1v) is 27.4. The van der Waals surface area contributed by atoms with E-state index in [1.807, 2.05) is 0 Å². The SMILES string of the molecule is Cl.Cl.[CH2]=[Zr]([CH3])([C]1=CC(C(C)(C)C)=CC1CCC)([c]1ccccc1)[c]1c(-c2c(C)cc(C)cc2C)ccc2c1Cc1cc(-c3c(C)cc(C)cc3C)ccc1-2. The Morgan fingerprint density at radius 2 is 1.22 bits per heavy atom. The molecule has 2 aliphatic carbocycles. The van der Waals surface area contributed by atoms with Crippen LogP contribution in [0.1, 0.15) is 85.0 Å². The van der Waals surface area contributed by atoms with Crippen molar-refractivity contribution in [2.24, 2.45) is 11.3 Å². The van der Waals surface area contributed by atoms with Crippen molar-refractivity contribution in [2.45, 2.75) is 93.1 Å². The van der Waals surface area contributed by atoms with Gasteiger partial charge in [-0.3, -0.25) is 0 Å². The summed E-state index contributed by atoms with van der Waals surface area (Å²) in [6, 6.07) is 33.2. The fourth-order valence-corrected chi connectivity index (χ4v) is 24.5. The van der Waals surface area contributed by atoms with E-state index < -0.39 is 18.3 Å². The summed E-state index contributed by atoms with van der Waals surface area (Å²) in [5.74, 6) is 0.388. The Balaban J connectivity index is 0.00000280. The molecular weight excluding hydrogens is 775 g/mol. The maximum absolute atomic E-state index is 5.78. The fourth-order valence-electron chi connectivity index (χ4n) is 10.3. The number of allylic oxidation sites excluding steroid dienone is 4. The number of hydrogen-bond acceptors (Lipinski definition) is 0. The van der Waals surface area contributed by atoms with Gasteiger partial charge in [-0.05, 0) is 0 Å². The second kappa shape index (κ2) is 15.1. The summed E-state index contributed by atoms with van der Waals surface area (Å²) in [5, 5.41) is 0. The third-order valence-corrected chi connectivity index (χ3v) is 27.1. The zero-order valence-corrected chi connectivity index (χ0v) is 38.6. The Morgan fingerprint density at radius 3 is 1.78 bits per heavy atom. The number of benzene rings is 5. The molecule has 282 valence electrons. The molecule has 0 heterocycles. The van der Waals surface area contributed by atoms with Gasteiger partial charge in [-0.1, -0.05) is 0 Å². The van der Waals surface area contributed by atoms with Gasteiger partial charge >= 0.3 is 317 Å². The molecule has 0 bridgehead atoms. The van der Waals surface area contributed by atoms with Crippen molar-refractivity contribution in [3.8, 4) is 33.4 Å². The fraction of sp³-hybridized carbons (Fsp3) is 0.314. The zero-order valence-electron chi connectivity index (χ0n) is 34.5. The second-order valence-corrected chi connectivity index (χ2v) is 31.8. The van der Waals surface area contributed by atoms with Gasteiger partial charge in [-0.25, -0.2) is 0 Å². The quantitative estimate of drug-likeness (QED) is 0.150. The van der Waals surface area contributed by atoms with Crippen LogP contribution in [-0.4, -0.2) is 4.21 Å². The molecule has 1 atom stereocenters. The number of rotatable bonds is 7. The zero-order chi connectivity index (χ0) is 37.4. The van der Waals surface area contributed by atoms with Crippen LogP contribution in [0.25, 0.3) is 33.4 Å². The molecule has 0 saturated carbocycles. The van der Waals surface area contributed by atoms with E-state index >= 15 is 0 Å². The van der Waals surface area contributed by atoms with E-state index in [9.17, 15) is 0 Å². The molecule has 5 aromatic rings. The van der Waals surface area contributed by atoms with Crippen LogP contribution in [-0.2, 0) is 24.7 Å². The molecule has 0 aromatic heterocycles. The van der Waals surface area contributed by atoms with Crippen LogP contribution in [0.3, 0.4) is 0 Å². The molecule has 0 saturated heterocycles. The molecule has 0 amide bonds. The Kier molecular flexibility index (Phi) is 11.8. The summed E-state index contributed by atoms with van der Waals surface area (Å²) in [6.45, 7) is 23.1. The van der Waals surface area contributed by atoms with E-state index in [1.54, 1.807) is 6.55 Å². The predicted octanol–water partition coefficient (Wildman–Crippen LogP) is 13.7. The standard InChI is InChI=1S/C31H29.C12H19.C6H5.CH3.CH2.2ClH.Zr/c1-18-11-20(3)30(21(4)12-18)24-7-9-28-26(15-24)17-27-16-25(8-10-29(27)28)31-22(5)13-19(2)14-23(31)6;1-5-6-10-7-8-11(9-10)12(2,3)4;1-2-4-6-5-3-1;;;;;/h7-15H,17H2,1-6H3;8-10H,5-6H2,1-4H3;1-5H;1H3;1H2;2*1H;. The number of hydrogen-bond donors (Lipinski definition) is 0. The molecular formula is C51H60Cl2Zr. The number of aryl methyl sites for hydroxylation is 6. The van der Waals surface area contributed by atoms with Crippen molar-refractivity contribution in [2.75, 3.05) is 0 Å². The minimum atomic E-state index is -4.70. The van der Waals surface area contributed by atoms with Crippen molar-refractivity contribution in [1.82, 2.24) is 0 Å². The van der Waals surface area contributed by atoms with Crippen molar-refractivity contribution in [3.05, 3.63) is 150 Å². The topological polar surface area (TPSA) is 0 Å². The van der Waals surface area contributed by atoms with Crippen molar-refractivity contribution in [1.29, 1.82) is 0 Å². The van der Waals surface area contributed by atoms with Gasteiger partial charge in [0.1, 0.15) is 0 Å². The van der Waals surface area contributed by atoms with Crippen molar-refractivity contribution < 1.29 is 18.3 Å². The van der Waals surface area contributed by atoms with Crippen LogP contribution in [0.2, 0.25) is 4.63 Å². The van der Waals surface area contributed by atoms with Crippen LogP contribution in [0.15, 0.2) is 106 Å². The molecule has 0 spiro atoms. The molecule has 54 heavy (non-hydrogen) atoms. The van der Waals surface area contributed by atoms with Gasteiger partial charge in [-0.15, -0.1) is 24.8 Å². The van der Waals surface area contributed by atoms with E-state index in [1.165, 1.54) is 86.7 Å². The summed E-state index contributed by atoms with van der Waals surface area (Å²) in [4.78, 5) is 0. The second-order valence-electron chi connectivity index (χ2n) is 17.9. The van der Waals surface area contributed by atoms with Gasteiger partial charge in [0, 0.05) is 0 Å². The summed E-state index contributed by atoms with van der Waals surface area (Å²) in [6.07, 6.45) is 8.51. The summed E-state index contributed by atoms with van der Waals surface area (Å²) < 4.78 is 13.1. The van der Waals surface area contributed by atoms with Crippen LogP contribution in [0, 0.1) is 52.9 Å². The number of fused-ring (bicyclic) bond motifs is 3. The summed E-state index contributed by atoms with van der Waals surface area (Å²) in [5.41, 5.74) is 20.8. The van der Waals surface area contributed by atoms with Crippen molar-refractivity contribution in [3.63, 3.8) is 0 Å². The average molecular weight is 835 g/mol. The summed E-state index contributed by atoms with van der Waals surface area (Å²) in [7, 11) is 0. The average Bonchev–Trinajstić information content (AvgIpc) is 3.67. The Morgan fingerprint density at radius 1 is 0.685 bits per heavy atom. The minimum absolute atomic E-state index is 0. The Bertz CT molecular complexity index is 2350. The first-order chi connectivity index (χ1) is 24.5. The molecule has 1 unspecified atom stereocenters. The van der Waals surface area contributed by atoms with Crippen LogP contribution in [0.5, 0.6) is 0 Å². The van der Waals surface area contributed by atoms with Gasteiger partial charge < -0.3 is 0 Å². The van der Waals surface area contributed by atoms with Gasteiger partial charge in [0.15, 0.2) is 0 Å². The van der Waals surface area contributed by atoms with E-state index in [0.29, 0.717) is 5.92 Å². The van der Waals surface area contributed by atoms with E-state index in [2.05, 4.69) is 171 Å². The maximum atomic E-state index is 5.78. The van der Waals surface area contributed by atoms with E-state index in [4.69, 9.17) is 4.21 Å². The molecule has 5 aromatic carbocycles. The molecule has 0 aliphatic heterocycles. The van der Waals surface area contributed by atoms with Crippen LogP contribution < -0.4 is 6.54 Å². The van der Waals surface area contributed by atoms with Crippen molar-refractivity contribution >= 4 is 35.6 Å². The first-order valence-electron chi connectivity index (χ1n) is 19.5.